The van der Waals surface area contributed by atoms with Crippen LogP contribution in [-0.2, 0) is 11.2 Å². The SMILES string of the molecule is O=C(Cc1ccccc1)NC(=O)Nc1ccc(Oc2c[c]ncc2)cc1F. The first-order chi connectivity index (χ1) is 13.1. The molecule has 135 valence electrons. The van der Waals surface area contributed by atoms with E-state index in [-0.39, 0.29) is 17.9 Å². The van der Waals surface area contributed by atoms with Crippen LogP contribution < -0.4 is 15.4 Å². The minimum Gasteiger partial charge on any atom is -0.457 e. The lowest BCUT2D eigenvalue weighted by molar-refractivity contribution is -0.119. The molecule has 3 amide bonds. The van der Waals surface area contributed by atoms with Gasteiger partial charge in [0.05, 0.1) is 18.3 Å². The summed E-state index contributed by atoms with van der Waals surface area (Å²) < 4.78 is 19.6. The first-order valence-electron chi connectivity index (χ1n) is 8.04. The highest BCUT2D eigenvalue weighted by Crippen LogP contribution is 2.25. The van der Waals surface area contributed by atoms with Crippen LogP contribution in [0.25, 0.3) is 0 Å². The maximum absolute atomic E-state index is 14.2. The Labute approximate surface area is 155 Å². The van der Waals surface area contributed by atoms with E-state index in [1.54, 1.807) is 30.3 Å². The summed E-state index contributed by atoms with van der Waals surface area (Å²) in [6, 6.07) is 15.2. The lowest BCUT2D eigenvalue weighted by Gasteiger charge is -2.10. The van der Waals surface area contributed by atoms with Crippen LogP contribution in [0, 0.1) is 12.0 Å². The summed E-state index contributed by atoms with van der Waals surface area (Å²) in [4.78, 5) is 27.5. The number of ether oxygens (including phenoxy) is 1. The van der Waals surface area contributed by atoms with Crippen molar-refractivity contribution in [1.82, 2.24) is 10.3 Å². The van der Waals surface area contributed by atoms with Gasteiger partial charge in [-0.3, -0.25) is 15.1 Å². The predicted molar refractivity (Wildman–Crippen MR) is 96.9 cm³/mol. The molecule has 1 heterocycles. The van der Waals surface area contributed by atoms with E-state index in [1.165, 1.54) is 24.4 Å². The van der Waals surface area contributed by atoms with Gasteiger partial charge in [0.15, 0.2) is 0 Å². The molecule has 0 saturated carbocycles. The molecule has 0 atom stereocenters. The maximum Gasteiger partial charge on any atom is 0.325 e. The minimum atomic E-state index is -0.813. The van der Waals surface area contributed by atoms with Crippen molar-refractivity contribution in [2.75, 3.05) is 5.32 Å². The number of nitrogens with zero attached hydrogens (tertiary/aromatic N) is 1. The van der Waals surface area contributed by atoms with Gasteiger partial charge < -0.3 is 10.1 Å². The molecule has 2 aromatic carbocycles. The number of carbonyl (C=O) groups is 2. The quantitative estimate of drug-likeness (QED) is 0.723. The van der Waals surface area contributed by atoms with E-state index in [0.717, 1.165) is 11.6 Å². The molecule has 0 spiro atoms. The van der Waals surface area contributed by atoms with E-state index >= 15 is 0 Å². The summed E-state index contributed by atoms with van der Waals surface area (Å²) in [6.45, 7) is 0. The van der Waals surface area contributed by atoms with Crippen LogP contribution in [0.5, 0.6) is 11.5 Å². The number of imide groups is 1. The molecule has 2 N–H and O–H groups in total. The maximum atomic E-state index is 14.2. The molecule has 0 saturated heterocycles. The number of nitrogens with one attached hydrogen (secondary N) is 2. The van der Waals surface area contributed by atoms with E-state index in [4.69, 9.17) is 4.74 Å². The summed E-state index contributed by atoms with van der Waals surface area (Å²) in [5.41, 5.74) is 0.692. The fourth-order valence-electron chi connectivity index (χ4n) is 2.27. The highest BCUT2D eigenvalue weighted by atomic mass is 19.1. The van der Waals surface area contributed by atoms with Crippen LogP contribution in [0.2, 0.25) is 0 Å². The first kappa shape index (κ1) is 18.1. The smallest absolute Gasteiger partial charge is 0.325 e. The molecule has 0 unspecified atom stereocenters. The van der Waals surface area contributed by atoms with Gasteiger partial charge >= 0.3 is 6.03 Å². The molecule has 1 aromatic heterocycles. The van der Waals surface area contributed by atoms with Gasteiger partial charge in [-0.15, -0.1) is 0 Å². The zero-order chi connectivity index (χ0) is 19.1. The van der Waals surface area contributed by atoms with Gasteiger partial charge in [-0.2, -0.15) is 0 Å². The first-order valence-corrected chi connectivity index (χ1v) is 8.04. The predicted octanol–water partition coefficient (Wildman–Crippen LogP) is 3.70. The molecule has 27 heavy (non-hydrogen) atoms. The van der Waals surface area contributed by atoms with Crippen molar-refractivity contribution in [3.8, 4) is 11.5 Å². The van der Waals surface area contributed by atoms with Crippen molar-refractivity contribution in [3.63, 3.8) is 0 Å². The number of amides is 3. The number of hydrogen-bond acceptors (Lipinski definition) is 4. The van der Waals surface area contributed by atoms with Crippen molar-refractivity contribution in [2.45, 2.75) is 6.42 Å². The lowest BCUT2D eigenvalue weighted by atomic mass is 10.1. The summed E-state index contributed by atoms with van der Waals surface area (Å²) >= 11 is 0. The third-order valence-electron chi connectivity index (χ3n) is 3.48. The van der Waals surface area contributed by atoms with E-state index in [9.17, 15) is 14.0 Å². The van der Waals surface area contributed by atoms with Crippen molar-refractivity contribution in [2.24, 2.45) is 0 Å². The molecule has 3 aromatic rings. The number of rotatable bonds is 5. The van der Waals surface area contributed by atoms with Crippen LogP contribution in [0.15, 0.2) is 66.9 Å². The largest absolute Gasteiger partial charge is 0.457 e. The van der Waals surface area contributed by atoms with E-state index < -0.39 is 17.8 Å². The van der Waals surface area contributed by atoms with Crippen LogP contribution >= 0.6 is 0 Å². The second-order valence-corrected chi connectivity index (χ2v) is 5.53. The van der Waals surface area contributed by atoms with Gasteiger partial charge in [-0.05, 0) is 23.8 Å². The Kier molecular flexibility index (Phi) is 5.73. The van der Waals surface area contributed by atoms with Crippen LogP contribution in [0.1, 0.15) is 5.56 Å². The Hall–Kier alpha value is -3.74. The molecule has 7 heteroatoms. The third kappa shape index (κ3) is 5.37. The third-order valence-corrected chi connectivity index (χ3v) is 3.48. The highest BCUT2D eigenvalue weighted by Gasteiger charge is 2.12. The number of halogens is 1. The van der Waals surface area contributed by atoms with Crippen molar-refractivity contribution < 1.29 is 18.7 Å². The van der Waals surface area contributed by atoms with E-state index in [1.807, 2.05) is 6.07 Å². The normalized spacial score (nSPS) is 10.1. The molecule has 0 aliphatic heterocycles. The minimum absolute atomic E-state index is 0.0481. The second-order valence-electron chi connectivity index (χ2n) is 5.53. The molecule has 0 aliphatic rings. The van der Waals surface area contributed by atoms with Gasteiger partial charge in [0.2, 0.25) is 5.91 Å². The van der Waals surface area contributed by atoms with Gasteiger partial charge in [-0.25, -0.2) is 9.18 Å². The summed E-state index contributed by atoms with van der Waals surface area (Å²) in [5.74, 6) is -0.489. The summed E-state index contributed by atoms with van der Waals surface area (Å²) in [7, 11) is 0. The number of anilines is 1. The lowest BCUT2D eigenvalue weighted by Crippen LogP contribution is -2.35. The molecule has 3 rings (SSSR count). The van der Waals surface area contributed by atoms with Gasteiger partial charge in [-0.1, -0.05) is 30.3 Å². The average molecular weight is 364 g/mol. The number of benzene rings is 2. The molecule has 0 fully saturated rings. The standard InChI is InChI=1S/C20H15FN3O3/c21-17-13-16(27-15-8-10-22-11-9-15)6-7-18(17)23-20(26)24-19(25)12-14-4-2-1-3-5-14/h1-10,13H,12H2,(H2,23,24,25,26). The topological polar surface area (TPSA) is 80.3 Å². The van der Waals surface area contributed by atoms with E-state index in [0.29, 0.717) is 5.75 Å². The van der Waals surface area contributed by atoms with Crippen molar-refractivity contribution >= 4 is 17.6 Å². The Morgan fingerprint density at radius 1 is 1.07 bits per heavy atom. The zero-order valence-electron chi connectivity index (χ0n) is 14.1. The Morgan fingerprint density at radius 2 is 1.89 bits per heavy atom. The fraction of sp³-hybridized carbons (Fsp3) is 0.0500. The second kappa shape index (κ2) is 8.57. The molecule has 1 radical (unpaired) electrons. The number of pyridine rings is 1. The van der Waals surface area contributed by atoms with Gasteiger partial charge in [0.1, 0.15) is 17.3 Å². The zero-order valence-corrected chi connectivity index (χ0v) is 14.1. The monoisotopic (exact) mass is 364 g/mol. The number of urea groups is 1. The summed E-state index contributed by atoms with van der Waals surface area (Å²) in [5, 5.41) is 4.46. The molecule has 0 aliphatic carbocycles. The number of aromatic nitrogens is 1. The average Bonchev–Trinajstić information content (AvgIpc) is 2.65. The van der Waals surface area contributed by atoms with Crippen LogP contribution in [0.3, 0.4) is 0 Å². The molecular weight excluding hydrogens is 349 g/mol. The summed E-state index contributed by atoms with van der Waals surface area (Å²) in [6.07, 6.45) is 4.15. The van der Waals surface area contributed by atoms with Crippen LogP contribution in [-0.4, -0.2) is 16.9 Å². The van der Waals surface area contributed by atoms with Gasteiger partial charge in [0, 0.05) is 18.3 Å². The van der Waals surface area contributed by atoms with E-state index in [2.05, 4.69) is 21.8 Å². The molecular formula is C20H15FN3O3. The molecule has 6 nitrogen and oxygen atoms in total. The Morgan fingerprint density at radius 3 is 2.59 bits per heavy atom. The van der Waals surface area contributed by atoms with Crippen LogP contribution in [0.4, 0.5) is 14.9 Å². The fourth-order valence-corrected chi connectivity index (χ4v) is 2.27. The molecule has 0 bridgehead atoms. The van der Waals surface area contributed by atoms with Gasteiger partial charge in [0.25, 0.3) is 0 Å². The van der Waals surface area contributed by atoms with Crippen molar-refractivity contribution in [1.29, 1.82) is 0 Å². The highest BCUT2D eigenvalue weighted by molar-refractivity contribution is 6.01. The van der Waals surface area contributed by atoms with Crippen molar-refractivity contribution in [3.05, 3.63) is 84.4 Å². The number of carbonyl (C=O) groups excluding carboxylic acids is 2. The Bertz CT molecular complexity index is 934. The Balaban J connectivity index is 1.56. The number of hydrogen-bond donors (Lipinski definition) is 2.